The largest absolute Gasteiger partial charge is 0.393 e. The molecule has 1 N–H and O–H groups in total. The Balaban J connectivity index is 2.72. The molecular weight excluding hydrogens is 171 g/mol. The summed E-state index contributed by atoms with van der Waals surface area (Å²) in [6.45, 7) is 5.65. The quantitative estimate of drug-likeness (QED) is 0.618. The van der Waals surface area contributed by atoms with Gasteiger partial charge in [-0.25, -0.2) is 0 Å². The summed E-state index contributed by atoms with van der Waals surface area (Å²) in [6.07, 6.45) is -0.412. The summed E-state index contributed by atoms with van der Waals surface area (Å²) in [7, 11) is 0. The minimum Gasteiger partial charge on any atom is -0.393 e. The average Bonchev–Trinajstić information content (AvgIpc) is 1.97. The van der Waals surface area contributed by atoms with E-state index in [1.165, 1.54) is 0 Å². The van der Waals surface area contributed by atoms with Crippen molar-refractivity contribution in [3.63, 3.8) is 0 Å². The molecule has 0 bridgehead atoms. The third-order valence-electron chi connectivity index (χ3n) is 2.43. The van der Waals surface area contributed by atoms with Crippen LogP contribution in [0.3, 0.4) is 0 Å². The van der Waals surface area contributed by atoms with Crippen molar-refractivity contribution in [2.75, 3.05) is 0 Å². The highest BCUT2D eigenvalue weighted by molar-refractivity contribution is 6.51. The highest BCUT2D eigenvalue weighted by Gasteiger charge is 2.71. The fourth-order valence-corrected chi connectivity index (χ4v) is 2.64. The number of halogens is 2. The molecule has 0 amide bonds. The van der Waals surface area contributed by atoms with Crippen LogP contribution in [-0.2, 0) is 0 Å². The van der Waals surface area contributed by atoms with Crippen LogP contribution in [-0.4, -0.2) is 15.5 Å². The smallest absolute Gasteiger partial charge is 0.129 e. The Morgan fingerprint density at radius 2 is 1.70 bits per heavy atom. The summed E-state index contributed by atoms with van der Waals surface area (Å²) in [5.74, 6) is 0.0170. The molecule has 0 saturated heterocycles. The zero-order valence-corrected chi connectivity index (χ0v) is 7.87. The van der Waals surface area contributed by atoms with E-state index in [9.17, 15) is 5.11 Å². The fraction of sp³-hybridized carbons (Fsp3) is 1.00. The number of aliphatic hydroxyl groups excluding tert-OH is 1. The van der Waals surface area contributed by atoms with E-state index in [0.29, 0.717) is 0 Å². The molecule has 0 aromatic heterocycles. The summed E-state index contributed by atoms with van der Waals surface area (Å²) in [5.41, 5.74) is -0.135. The van der Waals surface area contributed by atoms with Gasteiger partial charge in [-0.15, -0.1) is 23.2 Å². The second-order valence-corrected chi connectivity index (χ2v) is 4.95. The maximum Gasteiger partial charge on any atom is 0.129 e. The molecule has 0 aromatic rings. The van der Waals surface area contributed by atoms with Crippen LogP contribution >= 0.6 is 23.2 Å². The summed E-state index contributed by atoms with van der Waals surface area (Å²) >= 11 is 11.8. The molecule has 0 heterocycles. The molecule has 0 spiro atoms. The van der Waals surface area contributed by atoms with Gasteiger partial charge in [0.1, 0.15) is 4.33 Å². The molecule has 2 atom stereocenters. The zero-order valence-electron chi connectivity index (χ0n) is 6.36. The number of hydrogen-bond donors (Lipinski definition) is 1. The van der Waals surface area contributed by atoms with Crippen LogP contribution in [0, 0.1) is 11.3 Å². The van der Waals surface area contributed by atoms with Crippen molar-refractivity contribution in [3.8, 4) is 0 Å². The van der Waals surface area contributed by atoms with Crippen molar-refractivity contribution in [2.45, 2.75) is 31.2 Å². The topological polar surface area (TPSA) is 20.2 Å². The Hall–Kier alpha value is 0.540. The van der Waals surface area contributed by atoms with Gasteiger partial charge in [-0.05, 0) is 6.92 Å². The lowest BCUT2D eigenvalue weighted by molar-refractivity contribution is 0.155. The number of rotatable bonds is 1. The molecule has 60 valence electrons. The lowest BCUT2D eigenvalue weighted by Crippen LogP contribution is -2.08. The third-order valence-corrected chi connectivity index (χ3v) is 3.87. The summed E-state index contributed by atoms with van der Waals surface area (Å²) < 4.78 is -0.721. The maximum atomic E-state index is 9.19. The third kappa shape index (κ3) is 0.876. The van der Waals surface area contributed by atoms with Crippen molar-refractivity contribution in [2.24, 2.45) is 11.3 Å². The minimum absolute atomic E-state index is 0.0170. The predicted molar refractivity (Wildman–Crippen MR) is 43.4 cm³/mol. The van der Waals surface area contributed by atoms with Gasteiger partial charge in [0.25, 0.3) is 0 Å². The van der Waals surface area contributed by atoms with Crippen molar-refractivity contribution in [1.29, 1.82) is 0 Å². The summed E-state index contributed by atoms with van der Waals surface area (Å²) in [5, 5.41) is 9.19. The molecule has 1 unspecified atom stereocenters. The SMILES string of the molecule is CC(O)[C@H]1C(C)(C)C1(Cl)Cl. The Kier molecular flexibility index (Phi) is 1.75. The first kappa shape index (κ1) is 8.63. The van der Waals surface area contributed by atoms with E-state index in [2.05, 4.69) is 0 Å². The van der Waals surface area contributed by atoms with E-state index < -0.39 is 10.4 Å². The maximum absolute atomic E-state index is 9.19. The first-order valence-electron chi connectivity index (χ1n) is 3.37. The molecule has 3 heteroatoms. The lowest BCUT2D eigenvalue weighted by Gasteiger charge is -2.02. The van der Waals surface area contributed by atoms with Crippen LogP contribution < -0.4 is 0 Å². The van der Waals surface area contributed by atoms with E-state index >= 15 is 0 Å². The Bertz CT molecular complexity index is 138. The molecule has 1 aliphatic carbocycles. The van der Waals surface area contributed by atoms with Crippen LogP contribution in [0.1, 0.15) is 20.8 Å². The van der Waals surface area contributed by atoms with Gasteiger partial charge in [0.05, 0.1) is 6.10 Å². The molecule has 1 saturated carbocycles. The Morgan fingerprint density at radius 1 is 1.40 bits per heavy atom. The minimum atomic E-state index is -0.721. The van der Waals surface area contributed by atoms with Gasteiger partial charge < -0.3 is 5.11 Å². The second kappa shape index (κ2) is 2.02. The molecule has 10 heavy (non-hydrogen) atoms. The van der Waals surface area contributed by atoms with Gasteiger partial charge in [0, 0.05) is 11.3 Å². The van der Waals surface area contributed by atoms with Gasteiger partial charge in [0.2, 0.25) is 0 Å². The van der Waals surface area contributed by atoms with Crippen molar-refractivity contribution in [1.82, 2.24) is 0 Å². The van der Waals surface area contributed by atoms with E-state index in [1.54, 1.807) is 6.92 Å². The molecule has 0 aromatic carbocycles. The van der Waals surface area contributed by atoms with Gasteiger partial charge in [-0.3, -0.25) is 0 Å². The molecule has 1 fully saturated rings. The van der Waals surface area contributed by atoms with Crippen molar-refractivity contribution >= 4 is 23.2 Å². The highest BCUT2D eigenvalue weighted by Crippen LogP contribution is 2.69. The van der Waals surface area contributed by atoms with Gasteiger partial charge in [-0.1, -0.05) is 13.8 Å². The second-order valence-electron chi connectivity index (χ2n) is 3.56. The average molecular weight is 183 g/mol. The fourth-order valence-electron chi connectivity index (χ4n) is 1.60. The first-order chi connectivity index (χ1) is 4.32. The number of aliphatic hydroxyl groups is 1. The van der Waals surface area contributed by atoms with E-state index in [1.807, 2.05) is 13.8 Å². The van der Waals surface area contributed by atoms with E-state index in [4.69, 9.17) is 23.2 Å². The van der Waals surface area contributed by atoms with Crippen molar-refractivity contribution < 1.29 is 5.11 Å². The molecule has 1 aliphatic rings. The monoisotopic (exact) mass is 182 g/mol. The molecule has 0 aliphatic heterocycles. The van der Waals surface area contributed by atoms with Gasteiger partial charge >= 0.3 is 0 Å². The van der Waals surface area contributed by atoms with Crippen molar-refractivity contribution in [3.05, 3.63) is 0 Å². The summed E-state index contributed by atoms with van der Waals surface area (Å²) in [6, 6.07) is 0. The van der Waals surface area contributed by atoms with Gasteiger partial charge in [-0.2, -0.15) is 0 Å². The van der Waals surface area contributed by atoms with E-state index in [-0.39, 0.29) is 11.3 Å². The van der Waals surface area contributed by atoms with Crippen LogP contribution in [0.2, 0.25) is 0 Å². The van der Waals surface area contributed by atoms with Gasteiger partial charge in [0.15, 0.2) is 0 Å². The normalized spacial score (nSPS) is 37.2. The first-order valence-corrected chi connectivity index (χ1v) is 4.13. The van der Waals surface area contributed by atoms with Crippen LogP contribution in [0.15, 0.2) is 0 Å². The molecule has 1 nitrogen and oxygen atoms in total. The zero-order chi connectivity index (χ0) is 8.15. The highest BCUT2D eigenvalue weighted by atomic mass is 35.5. The molecule has 1 rings (SSSR count). The standard InChI is InChI=1S/C7H12Cl2O/c1-4(10)5-6(2,3)7(5,8)9/h4-5,10H,1-3H3/t4?,5-/m0/s1. The molecule has 0 radical (unpaired) electrons. The predicted octanol–water partition coefficient (Wildman–Crippen LogP) is 2.20. The van der Waals surface area contributed by atoms with Crippen LogP contribution in [0.4, 0.5) is 0 Å². The Labute approximate surface area is 71.3 Å². The molecular formula is C7H12Cl2O. The van der Waals surface area contributed by atoms with E-state index in [0.717, 1.165) is 0 Å². The Morgan fingerprint density at radius 3 is 1.70 bits per heavy atom. The number of hydrogen-bond acceptors (Lipinski definition) is 1. The number of alkyl halides is 2. The lowest BCUT2D eigenvalue weighted by atomic mass is 10.1. The summed E-state index contributed by atoms with van der Waals surface area (Å²) in [4.78, 5) is 0. The van der Waals surface area contributed by atoms with Crippen LogP contribution in [0.25, 0.3) is 0 Å². The van der Waals surface area contributed by atoms with Crippen LogP contribution in [0.5, 0.6) is 0 Å².